The van der Waals surface area contributed by atoms with E-state index in [4.69, 9.17) is 0 Å². The van der Waals surface area contributed by atoms with Gasteiger partial charge in [0, 0.05) is 74.2 Å². The molecule has 0 atom stereocenters. The molecule has 27 heavy (non-hydrogen) atoms. The normalized spacial score (nSPS) is 19.0. The number of hydrogen-bond acceptors (Lipinski definition) is 2. The number of amides is 1. The molecule has 1 fully saturated rings. The number of piperidine rings is 1. The molecule has 1 N–H and O–H groups in total. The Morgan fingerprint density at radius 2 is 1.89 bits per heavy atom. The zero-order valence-electron chi connectivity index (χ0n) is 15.8. The molecule has 5 rings (SSSR count). The molecule has 2 aliphatic heterocycles. The highest BCUT2D eigenvalue weighted by Crippen LogP contribution is 2.32. The molecule has 2 aliphatic rings. The molecule has 5 heteroatoms. The van der Waals surface area contributed by atoms with Crippen LogP contribution in [0.15, 0.2) is 42.6 Å². The Morgan fingerprint density at radius 3 is 2.67 bits per heavy atom. The van der Waals surface area contributed by atoms with Crippen molar-refractivity contribution in [2.24, 2.45) is 7.05 Å². The predicted molar refractivity (Wildman–Crippen MR) is 107 cm³/mol. The minimum atomic E-state index is 0.232. The lowest BCUT2D eigenvalue weighted by Crippen LogP contribution is -2.49. The summed E-state index contributed by atoms with van der Waals surface area (Å²) in [6.07, 6.45) is 5.06. The van der Waals surface area contributed by atoms with Gasteiger partial charge in [0.1, 0.15) is 0 Å². The summed E-state index contributed by atoms with van der Waals surface area (Å²) in [6, 6.07) is 12.9. The van der Waals surface area contributed by atoms with Gasteiger partial charge in [-0.3, -0.25) is 9.69 Å². The number of carbonyl (C=O) groups is 1. The molecule has 0 bridgehead atoms. The first-order chi connectivity index (χ1) is 13.2. The van der Waals surface area contributed by atoms with Gasteiger partial charge >= 0.3 is 0 Å². The minimum Gasteiger partial charge on any atom is -0.364 e. The van der Waals surface area contributed by atoms with Crippen LogP contribution in [0.5, 0.6) is 0 Å². The van der Waals surface area contributed by atoms with Crippen molar-refractivity contribution in [3.05, 3.63) is 59.5 Å². The number of H-pyrrole nitrogens is 1. The quantitative estimate of drug-likeness (QED) is 0.778. The minimum absolute atomic E-state index is 0.232. The smallest absolute Gasteiger partial charge is 0.256 e. The van der Waals surface area contributed by atoms with Crippen LogP contribution in [0.4, 0.5) is 0 Å². The van der Waals surface area contributed by atoms with E-state index in [2.05, 4.69) is 56.7 Å². The van der Waals surface area contributed by atoms with Gasteiger partial charge in [-0.05, 0) is 31.0 Å². The second-order valence-electron chi connectivity index (χ2n) is 7.85. The third kappa shape index (κ3) is 2.77. The fourth-order valence-electron chi connectivity index (χ4n) is 4.89. The number of fused-ring (bicyclic) bond motifs is 3. The van der Waals surface area contributed by atoms with Crippen molar-refractivity contribution in [1.82, 2.24) is 19.4 Å². The summed E-state index contributed by atoms with van der Waals surface area (Å²) in [4.78, 5) is 21.3. The van der Waals surface area contributed by atoms with Gasteiger partial charge in [-0.1, -0.05) is 18.2 Å². The van der Waals surface area contributed by atoms with Gasteiger partial charge < -0.3 is 14.5 Å². The molecular formula is C22H26N4O. The number of carbonyl (C=O) groups excluding carboxylic acids is 1. The van der Waals surface area contributed by atoms with Crippen LogP contribution in [-0.2, 0) is 20.0 Å². The lowest BCUT2D eigenvalue weighted by atomic mass is 9.97. The molecule has 140 valence electrons. The van der Waals surface area contributed by atoms with Crippen LogP contribution < -0.4 is 0 Å². The Bertz CT molecular complexity index is 964. The summed E-state index contributed by atoms with van der Waals surface area (Å²) in [5.41, 5.74) is 4.57. The maximum Gasteiger partial charge on any atom is 0.256 e. The second-order valence-corrected chi connectivity index (χ2v) is 7.85. The molecule has 5 nitrogen and oxygen atoms in total. The maximum absolute atomic E-state index is 13.4. The fraction of sp³-hybridized carbons (Fsp3) is 0.409. The summed E-state index contributed by atoms with van der Waals surface area (Å²) in [6.45, 7) is 3.92. The molecule has 4 heterocycles. The molecule has 0 radical (unpaired) electrons. The zero-order valence-corrected chi connectivity index (χ0v) is 15.8. The molecular weight excluding hydrogens is 336 g/mol. The van der Waals surface area contributed by atoms with Crippen LogP contribution in [0.1, 0.15) is 34.6 Å². The first-order valence-corrected chi connectivity index (χ1v) is 9.94. The maximum atomic E-state index is 13.4. The van der Waals surface area contributed by atoms with Crippen LogP contribution in [0.2, 0.25) is 0 Å². The van der Waals surface area contributed by atoms with E-state index in [1.807, 2.05) is 12.3 Å². The number of aromatic nitrogens is 2. The zero-order chi connectivity index (χ0) is 18.4. The molecule has 1 amide bonds. The highest BCUT2D eigenvalue weighted by molar-refractivity contribution is 6.09. The molecule has 0 aliphatic carbocycles. The van der Waals surface area contributed by atoms with Crippen molar-refractivity contribution in [3.63, 3.8) is 0 Å². The Morgan fingerprint density at radius 1 is 1.07 bits per heavy atom. The van der Waals surface area contributed by atoms with E-state index < -0.39 is 0 Å². The number of rotatable bonds is 3. The van der Waals surface area contributed by atoms with Crippen molar-refractivity contribution < 1.29 is 4.79 Å². The number of nitrogens with zero attached hydrogens (tertiary/aromatic N) is 3. The first-order valence-electron chi connectivity index (χ1n) is 9.94. The highest BCUT2D eigenvalue weighted by Gasteiger charge is 2.35. The first kappa shape index (κ1) is 16.6. The van der Waals surface area contributed by atoms with E-state index in [0.717, 1.165) is 56.4 Å². The predicted octanol–water partition coefficient (Wildman–Crippen LogP) is 3.17. The number of likely N-dealkylation sites (tertiary alicyclic amines) is 1. The molecule has 1 aromatic carbocycles. The van der Waals surface area contributed by atoms with E-state index >= 15 is 0 Å². The van der Waals surface area contributed by atoms with Crippen molar-refractivity contribution >= 4 is 16.8 Å². The third-order valence-electron chi connectivity index (χ3n) is 6.35. The number of benzene rings is 1. The van der Waals surface area contributed by atoms with E-state index in [0.29, 0.717) is 6.04 Å². The van der Waals surface area contributed by atoms with Crippen molar-refractivity contribution in [2.75, 3.05) is 19.6 Å². The fourth-order valence-corrected chi connectivity index (χ4v) is 4.89. The monoisotopic (exact) mass is 362 g/mol. The molecule has 2 aromatic heterocycles. The lowest BCUT2D eigenvalue weighted by molar-refractivity contribution is 0.0545. The van der Waals surface area contributed by atoms with Gasteiger partial charge in [-0.2, -0.15) is 0 Å². The summed E-state index contributed by atoms with van der Waals surface area (Å²) >= 11 is 0. The Hall–Kier alpha value is -2.53. The van der Waals surface area contributed by atoms with Crippen LogP contribution in [-0.4, -0.2) is 50.9 Å². The summed E-state index contributed by atoms with van der Waals surface area (Å²) in [5.74, 6) is 0.232. The Kier molecular flexibility index (Phi) is 4.05. The number of para-hydroxylation sites is 1. The number of aromatic amines is 1. The van der Waals surface area contributed by atoms with Gasteiger partial charge in [0.15, 0.2) is 0 Å². The van der Waals surface area contributed by atoms with E-state index in [9.17, 15) is 4.79 Å². The highest BCUT2D eigenvalue weighted by atomic mass is 16.2. The van der Waals surface area contributed by atoms with E-state index in [1.165, 1.54) is 16.9 Å². The van der Waals surface area contributed by atoms with Crippen molar-refractivity contribution in [2.45, 2.75) is 31.8 Å². The summed E-state index contributed by atoms with van der Waals surface area (Å²) in [5, 5.41) is 1.11. The van der Waals surface area contributed by atoms with Gasteiger partial charge in [0.2, 0.25) is 0 Å². The second kappa shape index (κ2) is 6.57. The van der Waals surface area contributed by atoms with Crippen LogP contribution in [0.25, 0.3) is 10.9 Å². The SMILES string of the molecule is Cn1c2c(c3ccccc31)C(=O)N(C1CCN(Cc3ccc[nH]3)CC1)CC2. The van der Waals surface area contributed by atoms with Crippen LogP contribution >= 0.6 is 0 Å². The number of nitrogens with one attached hydrogen (secondary N) is 1. The standard InChI is InChI=1S/C22H26N4O/c1-24-19-7-3-2-6-18(19)21-20(24)10-14-26(22(21)27)17-8-12-25(13-9-17)15-16-5-4-11-23-16/h2-7,11,17,23H,8-10,12-15H2,1H3. The molecule has 0 unspecified atom stereocenters. The topological polar surface area (TPSA) is 44.3 Å². The van der Waals surface area contributed by atoms with Gasteiger partial charge in [0.25, 0.3) is 5.91 Å². The number of hydrogen-bond donors (Lipinski definition) is 1. The molecule has 3 aromatic rings. The van der Waals surface area contributed by atoms with Gasteiger partial charge in [-0.25, -0.2) is 0 Å². The average Bonchev–Trinajstić information content (AvgIpc) is 3.30. The molecule has 0 saturated carbocycles. The summed E-state index contributed by atoms with van der Waals surface area (Å²) in [7, 11) is 2.09. The van der Waals surface area contributed by atoms with Gasteiger partial charge in [0.05, 0.1) is 5.56 Å². The molecule has 1 saturated heterocycles. The Balaban J connectivity index is 1.33. The summed E-state index contributed by atoms with van der Waals surface area (Å²) < 4.78 is 2.21. The number of aryl methyl sites for hydroxylation is 1. The van der Waals surface area contributed by atoms with Crippen LogP contribution in [0.3, 0.4) is 0 Å². The van der Waals surface area contributed by atoms with Gasteiger partial charge in [-0.15, -0.1) is 0 Å². The molecule has 0 spiro atoms. The average molecular weight is 362 g/mol. The van der Waals surface area contributed by atoms with Crippen LogP contribution in [0, 0.1) is 0 Å². The van der Waals surface area contributed by atoms with E-state index in [1.54, 1.807) is 0 Å². The third-order valence-corrected chi connectivity index (χ3v) is 6.35. The van der Waals surface area contributed by atoms with Crippen molar-refractivity contribution in [1.29, 1.82) is 0 Å². The van der Waals surface area contributed by atoms with E-state index in [-0.39, 0.29) is 5.91 Å². The van der Waals surface area contributed by atoms with Crippen molar-refractivity contribution in [3.8, 4) is 0 Å². The lowest BCUT2D eigenvalue weighted by Gasteiger charge is -2.40. The largest absolute Gasteiger partial charge is 0.364 e. The Labute approximate surface area is 159 Å².